The average molecular weight is 323 g/mol. The van der Waals surface area contributed by atoms with Crippen molar-refractivity contribution in [1.82, 2.24) is 9.55 Å². The minimum atomic E-state index is -0.187. The summed E-state index contributed by atoms with van der Waals surface area (Å²) < 4.78 is 7.57. The number of rotatable bonds is 4. The van der Waals surface area contributed by atoms with Crippen LogP contribution in [0.1, 0.15) is 36.9 Å². The molecule has 0 N–H and O–H groups in total. The van der Waals surface area contributed by atoms with E-state index in [0.29, 0.717) is 5.02 Å². The van der Waals surface area contributed by atoms with Crippen molar-refractivity contribution in [2.24, 2.45) is 0 Å². The molecule has 0 radical (unpaired) electrons. The topological polar surface area (TPSA) is 31.0 Å². The summed E-state index contributed by atoms with van der Waals surface area (Å²) in [6.07, 6.45) is 2.45. The summed E-state index contributed by atoms with van der Waals surface area (Å²) in [6, 6.07) is 9.76. The number of imidazole rings is 1. The van der Waals surface area contributed by atoms with E-state index in [-0.39, 0.29) is 11.4 Å². The molecule has 3 aromatic rings. The Kier molecular flexibility index (Phi) is 3.96. The molecule has 0 saturated heterocycles. The van der Waals surface area contributed by atoms with Crippen LogP contribution >= 0.6 is 23.2 Å². The Hall–Kier alpha value is -1.45. The molecule has 0 saturated carbocycles. The summed E-state index contributed by atoms with van der Waals surface area (Å²) in [5, 5.41) is 0.502. The highest BCUT2D eigenvalue weighted by molar-refractivity contribution is 6.35. The van der Waals surface area contributed by atoms with Crippen LogP contribution in [0, 0.1) is 0 Å². The summed E-state index contributed by atoms with van der Waals surface area (Å²) in [6.45, 7) is 4.04. The third kappa shape index (κ3) is 2.68. The van der Waals surface area contributed by atoms with E-state index in [1.165, 1.54) is 0 Å². The van der Waals surface area contributed by atoms with Gasteiger partial charge in [-0.3, -0.25) is 0 Å². The fraction of sp³-hybridized carbons (Fsp3) is 0.312. The lowest BCUT2D eigenvalue weighted by Crippen LogP contribution is -2.12. The molecule has 3 rings (SSSR count). The van der Waals surface area contributed by atoms with Gasteiger partial charge in [0.15, 0.2) is 0 Å². The zero-order valence-electron chi connectivity index (χ0n) is 11.9. The fourth-order valence-electron chi connectivity index (χ4n) is 2.66. The van der Waals surface area contributed by atoms with Crippen molar-refractivity contribution in [2.45, 2.75) is 31.7 Å². The molecule has 3 nitrogen and oxygen atoms in total. The Labute approximate surface area is 133 Å². The molecule has 0 aliphatic rings. The van der Waals surface area contributed by atoms with Crippen LogP contribution in [0.25, 0.3) is 11.0 Å². The SMILES string of the molecule is CC(Cl)c1nc2cccc(Cl)c2n1C(C)Cc1ccco1. The first-order valence-electron chi connectivity index (χ1n) is 6.90. The van der Waals surface area contributed by atoms with E-state index in [0.717, 1.165) is 29.0 Å². The average Bonchev–Trinajstić information content (AvgIpc) is 3.05. The highest BCUT2D eigenvalue weighted by Crippen LogP contribution is 2.33. The van der Waals surface area contributed by atoms with Gasteiger partial charge in [0.05, 0.1) is 27.7 Å². The van der Waals surface area contributed by atoms with Crippen LogP contribution in [-0.4, -0.2) is 9.55 Å². The highest BCUT2D eigenvalue weighted by Gasteiger charge is 2.21. The van der Waals surface area contributed by atoms with Crippen molar-refractivity contribution in [1.29, 1.82) is 0 Å². The van der Waals surface area contributed by atoms with Crippen molar-refractivity contribution in [2.75, 3.05) is 0 Å². The maximum atomic E-state index is 6.38. The number of hydrogen-bond donors (Lipinski definition) is 0. The second kappa shape index (κ2) is 5.74. The van der Waals surface area contributed by atoms with Gasteiger partial charge in [-0.2, -0.15) is 0 Å². The normalized spacial score (nSPS) is 14.5. The van der Waals surface area contributed by atoms with E-state index in [1.807, 2.05) is 37.3 Å². The summed E-state index contributed by atoms with van der Waals surface area (Å²) in [5.41, 5.74) is 1.80. The minimum Gasteiger partial charge on any atom is -0.469 e. The Morgan fingerprint density at radius 2 is 2.05 bits per heavy atom. The van der Waals surface area contributed by atoms with Crippen LogP contribution in [-0.2, 0) is 6.42 Å². The number of nitrogens with zero attached hydrogens (tertiary/aromatic N) is 2. The van der Waals surface area contributed by atoms with Gasteiger partial charge in [0, 0.05) is 12.5 Å². The molecule has 21 heavy (non-hydrogen) atoms. The Bertz CT molecular complexity index is 747. The van der Waals surface area contributed by atoms with Gasteiger partial charge in [-0.25, -0.2) is 4.98 Å². The van der Waals surface area contributed by atoms with Gasteiger partial charge in [0.25, 0.3) is 0 Å². The Balaban J connectivity index is 2.12. The summed E-state index contributed by atoms with van der Waals surface area (Å²) in [5.74, 6) is 1.77. The number of para-hydroxylation sites is 1. The maximum absolute atomic E-state index is 6.38. The first-order valence-corrected chi connectivity index (χ1v) is 7.72. The molecule has 0 aliphatic carbocycles. The number of fused-ring (bicyclic) bond motifs is 1. The van der Waals surface area contributed by atoms with Crippen LogP contribution in [0.2, 0.25) is 5.02 Å². The Morgan fingerprint density at radius 3 is 2.71 bits per heavy atom. The van der Waals surface area contributed by atoms with Crippen molar-refractivity contribution in [3.63, 3.8) is 0 Å². The van der Waals surface area contributed by atoms with Crippen LogP contribution in [0.4, 0.5) is 0 Å². The smallest absolute Gasteiger partial charge is 0.128 e. The lowest BCUT2D eigenvalue weighted by molar-refractivity contribution is 0.447. The van der Waals surface area contributed by atoms with E-state index in [9.17, 15) is 0 Å². The molecular weight excluding hydrogens is 307 g/mol. The van der Waals surface area contributed by atoms with Crippen molar-refractivity contribution < 1.29 is 4.42 Å². The molecule has 110 valence electrons. The summed E-state index contributed by atoms with van der Waals surface area (Å²) in [4.78, 5) is 4.64. The minimum absolute atomic E-state index is 0.150. The van der Waals surface area contributed by atoms with Crippen LogP contribution < -0.4 is 0 Å². The monoisotopic (exact) mass is 322 g/mol. The van der Waals surface area contributed by atoms with E-state index < -0.39 is 0 Å². The molecule has 2 atom stereocenters. The largest absolute Gasteiger partial charge is 0.469 e. The van der Waals surface area contributed by atoms with E-state index in [4.69, 9.17) is 27.6 Å². The van der Waals surface area contributed by atoms with Crippen LogP contribution in [0.3, 0.4) is 0 Å². The third-order valence-electron chi connectivity index (χ3n) is 3.56. The van der Waals surface area contributed by atoms with Crippen molar-refractivity contribution in [3.8, 4) is 0 Å². The van der Waals surface area contributed by atoms with Gasteiger partial charge in [-0.15, -0.1) is 11.6 Å². The highest BCUT2D eigenvalue weighted by atomic mass is 35.5. The molecule has 2 heterocycles. The quantitative estimate of drug-likeness (QED) is 0.603. The number of hydrogen-bond acceptors (Lipinski definition) is 2. The molecule has 2 aromatic heterocycles. The lowest BCUT2D eigenvalue weighted by atomic mass is 10.1. The van der Waals surface area contributed by atoms with Gasteiger partial charge in [0.2, 0.25) is 0 Å². The van der Waals surface area contributed by atoms with Gasteiger partial charge in [0.1, 0.15) is 11.6 Å². The second-order valence-corrected chi connectivity index (χ2v) is 6.26. The van der Waals surface area contributed by atoms with Gasteiger partial charge < -0.3 is 8.98 Å². The number of benzene rings is 1. The van der Waals surface area contributed by atoms with E-state index in [2.05, 4.69) is 16.5 Å². The van der Waals surface area contributed by atoms with Crippen LogP contribution in [0.5, 0.6) is 0 Å². The molecule has 0 fully saturated rings. The van der Waals surface area contributed by atoms with Crippen molar-refractivity contribution in [3.05, 3.63) is 53.2 Å². The molecule has 0 amide bonds. The molecule has 0 spiro atoms. The number of halogens is 2. The predicted molar refractivity (Wildman–Crippen MR) is 86.1 cm³/mol. The predicted octanol–water partition coefficient (Wildman–Crippen LogP) is 5.39. The molecule has 0 aliphatic heterocycles. The van der Waals surface area contributed by atoms with Crippen LogP contribution in [0.15, 0.2) is 41.0 Å². The third-order valence-corrected chi connectivity index (χ3v) is 4.06. The zero-order valence-corrected chi connectivity index (χ0v) is 13.4. The van der Waals surface area contributed by atoms with E-state index in [1.54, 1.807) is 6.26 Å². The number of furan rings is 1. The second-order valence-electron chi connectivity index (χ2n) is 5.20. The summed E-state index contributed by atoms with van der Waals surface area (Å²) in [7, 11) is 0. The fourth-order valence-corrected chi connectivity index (χ4v) is 3.08. The lowest BCUT2D eigenvalue weighted by Gasteiger charge is -2.18. The summed E-state index contributed by atoms with van der Waals surface area (Å²) >= 11 is 12.7. The zero-order chi connectivity index (χ0) is 15.0. The van der Waals surface area contributed by atoms with Gasteiger partial charge in [-0.1, -0.05) is 17.7 Å². The van der Waals surface area contributed by atoms with Gasteiger partial charge >= 0.3 is 0 Å². The Morgan fingerprint density at radius 1 is 1.24 bits per heavy atom. The first-order chi connectivity index (χ1) is 10.1. The van der Waals surface area contributed by atoms with Gasteiger partial charge in [-0.05, 0) is 38.1 Å². The molecule has 2 unspecified atom stereocenters. The molecule has 1 aromatic carbocycles. The standard InChI is InChI=1S/C16H16Cl2N2O/c1-10(9-12-5-4-8-21-12)20-15-13(18)6-3-7-14(15)19-16(20)11(2)17/h3-8,10-11H,9H2,1-2H3. The van der Waals surface area contributed by atoms with E-state index >= 15 is 0 Å². The molecule has 5 heteroatoms. The first kappa shape index (κ1) is 14.5. The maximum Gasteiger partial charge on any atom is 0.128 e. The number of aromatic nitrogens is 2. The van der Waals surface area contributed by atoms with Crippen molar-refractivity contribution >= 4 is 34.2 Å². The number of alkyl halides is 1. The molecule has 0 bridgehead atoms. The molecular formula is C16H16Cl2N2O.